The molecular formula is C10H19N3O4S. The van der Waals surface area contributed by atoms with Gasteiger partial charge in [-0.15, -0.1) is 0 Å². The molecule has 0 radical (unpaired) electrons. The van der Waals surface area contributed by atoms with Crippen molar-refractivity contribution >= 4 is 21.7 Å². The van der Waals surface area contributed by atoms with Crippen LogP contribution >= 0.6 is 0 Å². The molecule has 1 fully saturated rings. The molecule has 1 aliphatic rings. The van der Waals surface area contributed by atoms with Gasteiger partial charge in [0.05, 0.1) is 0 Å². The zero-order valence-electron chi connectivity index (χ0n) is 10.8. The molecule has 18 heavy (non-hydrogen) atoms. The first kappa shape index (κ1) is 14.9. The van der Waals surface area contributed by atoms with Gasteiger partial charge < -0.3 is 16.0 Å². The lowest BCUT2D eigenvalue weighted by Gasteiger charge is -2.38. The van der Waals surface area contributed by atoms with Crippen molar-refractivity contribution in [3.8, 4) is 0 Å². The lowest BCUT2D eigenvalue weighted by atomic mass is 10.1. The Hall–Kier alpha value is -1.15. The number of piperazine rings is 1. The van der Waals surface area contributed by atoms with Crippen LogP contribution in [0.3, 0.4) is 0 Å². The standard InChI is InChI=1S/C10H19N3O4S/c1-10(2,18(3,16)17)9(15)13-5-4-12-6-7(13)8(11)14/h7,12H,4-6H2,1-3H3,(H2,11,14). The van der Waals surface area contributed by atoms with E-state index in [0.717, 1.165) is 6.26 Å². The van der Waals surface area contributed by atoms with E-state index in [1.165, 1.54) is 18.7 Å². The molecule has 1 saturated heterocycles. The summed E-state index contributed by atoms with van der Waals surface area (Å²) in [6.45, 7) is 3.71. The van der Waals surface area contributed by atoms with Crippen LogP contribution in [0.15, 0.2) is 0 Å². The Morgan fingerprint density at radius 2 is 1.94 bits per heavy atom. The number of rotatable bonds is 3. The van der Waals surface area contributed by atoms with Crippen LogP contribution in [0.2, 0.25) is 0 Å². The molecule has 7 nitrogen and oxygen atoms in total. The number of carbonyl (C=O) groups is 2. The Bertz CT molecular complexity index is 458. The van der Waals surface area contributed by atoms with Gasteiger partial charge in [-0.3, -0.25) is 9.59 Å². The molecule has 3 N–H and O–H groups in total. The molecule has 0 saturated carbocycles. The zero-order valence-corrected chi connectivity index (χ0v) is 11.6. The van der Waals surface area contributed by atoms with Gasteiger partial charge in [0, 0.05) is 25.9 Å². The molecule has 1 heterocycles. The molecule has 0 bridgehead atoms. The maximum Gasteiger partial charge on any atom is 0.244 e. The summed E-state index contributed by atoms with van der Waals surface area (Å²) >= 11 is 0. The van der Waals surface area contributed by atoms with Crippen molar-refractivity contribution in [1.82, 2.24) is 10.2 Å². The van der Waals surface area contributed by atoms with Crippen LogP contribution in [0, 0.1) is 0 Å². The van der Waals surface area contributed by atoms with Gasteiger partial charge in [0.1, 0.15) is 10.8 Å². The Kier molecular flexibility index (Phi) is 4.02. The molecule has 2 amide bonds. The number of sulfone groups is 1. The van der Waals surface area contributed by atoms with Crippen molar-refractivity contribution in [2.45, 2.75) is 24.6 Å². The first-order chi connectivity index (χ1) is 8.09. The molecule has 1 aliphatic heterocycles. The Balaban J connectivity index is 3.05. The fourth-order valence-corrected chi connectivity index (χ4v) is 2.14. The average Bonchev–Trinajstić information content (AvgIpc) is 2.26. The van der Waals surface area contributed by atoms with E-state index in [9.17, 15) is 18.0 Å². The molecule has 0 aromatic carbocycles. The Labute approximate surface area is 107 Å². The Morgan fingerprint density at radius 1 is 1.39 bits per heavy atom. The number of primary amides is 1. The Morgan fingerprint density at radius 3 is 2.39 bits per heavy atom. The van der Waals surface area contributed by atoms with E-state index in [0.29, 0.717) is 6.54 Å². The van der Waals surface area contributed by atoms with Crippen LogP contribution in [0.1, 0.15) is 13.8 Å². The third-order valence-corrected chi connectivity index (χ3v) is 5.30. The van der Waals surface area contributed by atoms with Crippen LogP contribution in [-0.4, -0.2) is 61.8 Å². The quantitative estimate of drug-likeness (QED) is 0.626. The van der Waals surface area contributed by atoms with Gasteiger partial charge in [0.2, 0.25) is 11.8 Å². The van der Waals surface area contributed by atoms with Crippen LogP contribution in [0.4, 0.5) is 0 Å². The lowest BCUT2D eigenvalue weighted by molar-refractivity contribution is -0.141. The second-order valence-corrected chi connectivity index (χ2v) is 7.47. The van der Waals surface area contributed by atoms with Crippen molar-refractivity contribution in [1.29, 1.82) is 0 Å². The molecule has 104 valence electrons. The summed E-state index contributed by atoms with van der Waals surface area (Å²) in [4.78, 5) is 24.8. The van der Waals surface area contributed by atoms with Gasteiger partial charge in [-0.1, -0.05) is 0 Å². The van der Waals surface area contributed by atoms with Gasteiger partial charge in [0.25, 0.3) is 0 Å². The number of carbonyl (C=O) groups excluding carboxylic acids is 2. The van der Waals surface area contributed by atoms with Crippen molar-refractivity contribution in [3.63, 3.8) is 0 Å². The van der Waals surface area contributed by atoms with Gasteiger partial charge in [0.15, 0.2) is 9.84 Å². The molecule has 0 aromatic heterocycles. The summed E-state index contributed by atoms with van der Waals surface area (Å²) in [7, 11) is -3.56. The van der Waals surface area contributed by atoms with Crippen molar-refractivity contribution in [2.24, 2.45) is 5.73 Å². The minimum atomic E-state index is -3.56. The van der Waals surface area contributed by atoms with Gasteiger partial charge in [-0.25, -0.2) is 8.42 Å². The predicted molar refractivity (Wildman–Crippen MR) is 66.5 cm³/mol. The van der Waals surface area contributed by atoms with E-state index in [2.05, 4.69) is 5.32 Å². The van der Waals surface area contributed by atoms with Crippen LogP contribution < -0.4 is 11.1 Å². The SMILES string of the molecule is CC(C)(C(=O)N1CCNCC1C(N)=O)S(C)(=O)=O. The van der Waals surface area contributed by atoms with Crippen molar-refractivity contribution in [3.05, 3.63) is 0 Å². The highest BCUT2D eigenvalue weighted by Gasteiger charge is 2.44. The van der Waals surface area contributed by atoms with E-state index in [4.69, 9.17) is 5.73 Å². The summed E-state index contributed by atoms with van der Waals surface area (Å²) in [5.74, 6) is -1.23. The second kappa shape index (κ2) is 4.85. The van der Waals surface area contributed by atoms with E-state index in [1.807, 2.05) is 0 Å². The zero-order chi connectivity index (χ0) is 14.1. The van der Waals surface area contributed by atoms with Crippen molar-refractivity contribution in [2.75, 3.05) is 25.9 Å². The molecule has 1 atom stereocenters. The van der Waals surface area contributed by atoms with Crippen molar-refractivity contribution < 1.29 is 18.0 Å². The highest BCUT2D eigenvalue weighted by Crippen LogP contribution is 2.20. The third-order valence-electron chi connectivity index (χ3n) is 3.27. The third kappa shape index (κ3) is 2.64. The monoisotopic (exact) mass is 277 g/mol. The molecule has 0 aromatic rings. The van der Waals surface area contributed by atoms with E-state index in [1.54, 1.807) is 0 Å². The van der Waals surface area contributed by atoms with Crippen LogP contribution in [-0.2, 0) is 19.4 Å². The molecule has 1 rings (SSSR count). The minimum absolute atomic E-state index is 0.251. The first-order valence-corrected chi connectivity index (χ1v) is 7.49. The molecule has 1 unspecified atom stereocenters. The number of hydrogen-bond acceptors (Lipinski definition) is 5. The van der Waals surface area contributed by atoms with Gasteiger partial charge in [-0.05, 0) is 13.8 Å². The molecule has 8 heteroatoms. The summed E-state index contributed by atoms with van der Waals surface area (Å²) in [5.41, 5.74) is 5.23. The highest BCUT2D eigenvalue weighted by atomic mass is 32.2. The highest BCUT2D eigenvalue weighted by molar-refractivity contribution is 7.92. The molecular weight excluding hydrogens is 258 g/mol. The van der Waals surface area contributed by atoms with Gasteiger partial charge in [-0.2, -0.15) is 0 Å². The summed E-state index contributed by atoms with van der Waals surface area (Å²) in [6.07, 6.45) is 1.01. The smallest absolute Gasteiger partial charge is 0.244 e. The number of nitrogens with one attached hydrogen (secondary N) is 1. The van der Waals surface area contributed by atoms with E-state index < -0.39 is 32.4 Å². The second-order valence-electron chi connectivity index (χ2n) is 4.90. The molecule has 0 spiro atoms. The van der Waals surface area contributed by atoms with E-state index >= 15 is 0 Å². The fourth-order valence-electron chi connectivity index (χ4n) is 1.71. The maximum atomic E-state index is 12.3. The largest absolute Gasteiger partial charge is 0.368 e. The van der Waals surface area contributed by atoms with Crippen LogP contribution in [0.5, 0.6) is 0 Å². The fraction of sp³-hybridized carbons (Fsp3) is 0.800. The number of hydrogen-bond donors (Lipinski definition) is 2. The van der Waals surface area contributed by atoms with Crippen LogP contribution in [0.25, 0.3) is 0 Å². The minimum Gasteiger partial charge on any atom is -0.368 e. The maximum absolute atomic E-state index is 12.3. The summed E-state index contributed by atoms with van der Waals surface area (Å²) in [6, 6.07) is -0.799. The first-order valence-electron chi connectivity index (χ1n) is 5.59. The van der Waals surface area contributed by atoms with E-state index in [-0.39, 0.29) is 13.1 Å². The molecule has 0 aliphatic carbocycles. The number of amides is 2. The normalized spacial score (nSPS) is 21.7. The lowest BCUT2D eigenvalue weighted by Crippen LogP contribution is -2.63. The number of nitrogens with zero attached hydrogens (tertiary/aromatic N) is 1. The number of nitrogens with two attached hydrogens (primary N) is 1. The summed E-state index contributed by atoms with van der Waals surface area (Å²) < 4.78 is 21.7. The predicted octanol–water partition coefficient (Wildman–Crippen LogP) is -1.90. The topological polar surface area (TPSA) is 110 Å². The average molecular weight is 277 g/mol. The summed E-state index contributed by atoms with van der Waals surface area (Å²) in [5, 5.41) is 2.95. The van der Waals surface area contributed by atoms with Gasteiger partial charge >= 0.3 is 0 Å².